The Bertz CT molecular complexity index is 764. The molecule has 0 radical (unpaired) electrons. The van der Waals surface area contributed by atoms with E-state index in [-0.39, 0.29) is 18.3 Å². The van der Waals surface area contributed by atoms with Gasteiger partial charge in [-0.3, -0.25) is 10.2 Å². The van der Waals surface area contributed by atoms with E-state index in [1.807, 2.05) is 23.1 Å². The molecule has 0 saturated carbocycles. The maximum absolute atomic E-state index is 12.8. The number of benzene rings is 2. The van der Waals surface area contributed by atoms with Gasteiger partial charge < -0.3 is 10.2 Å². The Morgan fingerprint density at radius 1 is 1.04 bits per heavy atom. The first-order valence-electron chi connectivity index (χ1n) is 8.06. The quantitative estimate of drug-likeness (QED) is 0.750. The summed E-state index contributed by atoms with van der Waals surface area (Å²) in [6.07, 6.45) is 2.00. The molecule has 7 heteroatoms. The molecule has 0 saturated heterocycles. The SMILES string of the molecule is O=C(CN1CCCc2ccccc21)NNC(=O)Nc1ccc(F)cc1. The van der Waals surface area contributed by atoms with Crippen molar-refractivity contribution in [3.8, 4) is 0 Å². The highest BCUT2D eigenvalue weighted by molar-refractivity contribution is 5.91. The molecular formula is C18H19FN4O2. The number of aryl methyl sites for hydroxylation is 1. The van der Waals surface area contributed by atoms with Crippen molar-refractivity contribution in [1.29, 1.82) is 0 Å². The van der Waals surface area contributed by atoms with Crippen LogP contribution in [0.15, 0.2) is 48.5 Å². The van der Waals surface area contributed by atoms with Gasteiger partial charge >= 0.3 is 6.03 Å². The van der Waals surface area contributed by atoms with Gasteiger partial charge in [0, 0.05) is 17.9 Å². The molecule has 3 amide bonds. The molecule has 3 rings (SSSR count). The van der Waals surface area contributed by atoms with Crippen molar-refractivity contribution in [1.82, 2.24) is 10.9 Å². The second-order valence-corrected chi connectivity index (χ2v) is 5.79. The minimum Gasteiger partial charge on any atom is -0.362 e. The standard InChI is InChI=1S/C18H19FN4O2/c19-14-7-9-15(10-8-14)20-18(25)22-21-17(24)12-23-11-3-5-13-4-1-2-6-16(13)23/h1-2,4,6-10H,3,5,11-12H2,(H,21,24)(H2,20,22,25). The van der Waals surface area contributed by atoms with Gasteiger partial charge in [0.25, 0.3) is 5.91 Å². The average molecular weight is 342 g/mol. The van der Waals surface area contributed by atoms with Gasteiger partial charge in [-0.15, -0.1) is 0 Å². The fourth-order valence-electron chi connectivity index (χ4n) is 2.81. The lowest BCUT2D eigenvalue weighted by molar-refractivity contribution is -0.120. The predicted molar refractivity (Wildman–Crippen MR) is 93.7 cm³/mol. The summed E-state index contributed by atoms with van der Waals surface area (Å²) in [7, 11) is 0. The lowest BCUT2D eigenvalue weighted by Crippen LogP contribution is -2.48. The highest BCUT2D eigenvalue weighted by atomic mass is 19.1. The summed E-state index contributed by atoms with van der Waals surface area (Å²) < 4.78 is 12.8. The van der Waals surface area contributed by atoms with Crippen LogP contribution in [0.5, 0.6) is 0 Å². The minimum atomic E-state index is -0.598. The molecule has 0 unspecified atom stereocenters. The number of carbonyl (C=O) groups excluding carboxylic acids is 2. The summed E-state index contributed by atoms with van der Waals surface area (Å²) in [5.74, 6) is -0.702. The minimum absolute atomic E-state index is 0.161. The lowest BCUT2D eigenvalue weighted by Gasteiger charge is -2.30. The highest BCUT2D eigenvalue weighted by Crippen LogP contribution is 2.26. The van der Waals surface area contributed by atoms with Gasteiger partial charge in [-0.25, -0.2) is 14.6 Å². The first kappa shape index (κ1) is 16.8. The van der Waals surface area contributed by atoms with Crippen molar-refractivity contribution >= 4 is 23.3 Å². The molecule has 25 heavy (non-hydrogen) atoms. The highest BCUT2D eigenvalue weighted by Gasteiger charge is 2.18. The number of nitrogens with one attached hydrogen (secondary N) is 3. The van der Waals surface area contributed by atoms with Crippen LogP contribution in [0.1, 0.15) is 12.0 Å². The number of rotatable bonds is 3. The van der Waals surface area contributed by atoms with Crippen LogP contribution in [0.2, 0.25) is 0 Å². The number of carbonyl (C=O) groups is 2. The Balaban J connectivity index is 1.48. The van der Waals surface area contributed by atoms with Gasteiger partial charge in [-0.2, -0.15) is 0 Å². The van der Waals surface area contributed by atoms with Crippen LogP contribution in [0.3, 0.4) is 0 Å². The van der Waals surface area contributed by atoms with Crippen LogP contribution >= 0.6 is 0 Å². The normalized spacial score (nSPS) is 12.9. The number of anilines is 2. The zero-order chi connectivity index (χ0) is 17.6. The smallest absolute Gasteiger partial charge is 0.337 e. The van der Waals surface area contributed by atoms with E-state index in [0.717, 1.165) is 25.1 Å². The largest absolute Gasteiger partial charge is 0.362 e. The number of hydrogen-bond donors (Lipinski definition) is 3. The van der Waals surface area contributed by atoms with E-state index in [0.29, 0.717) is 5.69 Å². The number of halogens is 1. The van der Waals surface area contributed by atoms with Crippen molar-refractivity contribution in [2.45, 2.75) is 12.8 Å². The maximum Gasteiger partial charge on any atom is 0.337 e. The molecule has 0 fully saturated rings. The molecule has 130 valence electrons. The molecular weight excluding hydrogens is 323 g/mol. The van der Waals surface area contributed by atoms with Crippen LogP contribution < -0.4 is 21.1 Å². The van der Waals surface area contributed by atoms with Crippen molar-refractivity contribution in [3.63, 3.8) is 0 Å². The summed E-state index contributed by atoms with van der Waals surface area (Å²) in [6.45, 7) is 0.958. The zero-order valence-corrected chi connectivity index (χ0v) is 13.6. The van der Waals surface area contributed by atoms with Gasteiger partial charge in [0.1, 0.15) is 5.82 Å². The molecule has 1 aliphatic rings. The van der Waals surface area contributed by atoms with Crippen molar-refractivity contribution in [2.75, 3.05) is 23.3 Å². The average Bonchev–Trinajstić information content (AvgIpc) is 2.62. The van der Waals surface area contributed by atoms with Gasteiger partial charge in [0.05, 0.1) is 6.54 Å². The molecule has 0 bridgehead atoms. The predicted octanol–water partition coefficient (Wildman–Crippen LogP) is 2.43. The Hall–Kier alpha value is -3.09. The molecule has 2 aromatic carbocycles. The first-order valence-corrected chi connectivity index (χ1v) is 8.06. The summed E-state index contributed by atoms with van der Waals surface area (Å²) in [6, 6.07) is 12.7. The summed E-state index contributed by atoms with van der Waals surface area (Å²) in [5.41, 5.74) is 7.37. The number of hydrogen-bond acceptors (Lipinski definition) is 3. The summed E-state index contributed by atoms with van der Waals surface area (Å²) >= 11 is 0. The van der Waals surface area contributed by atoms with Gasteiger partial charge in [-0.05, 0) is 48.7 Å². The van der Waals surface area contributed by atoms with Crippen LogP contribution in [0.4, 0.5) is 20.6 Å². The number of para-hydroxylation sites is 1. The molecule has 3 N–H and O–H groups in total. The first-order chi connectivity index (χ1) is 12.1. The number of hydrazine groups is 1. The third kappa shape index (κ3) is 4.47. The second kappa shape index (κ2) is 7.65. The number of nitrogens with zero attached hydrogens (tertiary/aromatic N) is 1. The molecule has 2 aromatic rings. The van der Waals surface area contributed by atoms with E-state index in [2.05, 4.69) is 22.2 Å². The Morgan fingerprint density at radius 3 is 2.60 bits per heavy atom. The van der Waals surface area contributed by atoms with Gasteiger partial charge in [0.2, 0.25) is 0 Å². The van der Waals surface area contributed by atoms with Crippen LogP contribution in [0.25, 0.3) is 0 Å². The molecule has 0 aliphatic carbocycles. The molecule has 0 atom stereocenters. The van der Waals surface area contributed by atoms with Gasteiger partial charge in [0.15, 0.2) is 0 Å². The third-order valence-electron chi connectivity index (χ3n) is 3.96. The maximum atomic E-state index is 12.8. The zero-order valence-electron chi connectivity index (χ0n) is 13.6. The summed E-state index contributed by atoms with van der Waals surface area (Å²) in [4.78, 5) is 25.8. The van der Waals surface area contributed by atoms with Crippen molar-refractivity contribution in [2.24, 2.45) is 0 Å². The van der Waals surface area contributed by atoms with E-state index in [1.54, 1.807) is 0 Å². The van der Waals surface area contributed by atoms with E-state index >= 15 is 0 Å². The molecule has 1 heterocycles. The number of amides is 3. The monoisotopic (exact) mass is 342 g/mol. The fraction of sp³-hybridized carbons (Fsp3) is 0.222. The fourth-order valence-corrected chi connectivity index (χ4v) is 2.81. The van der Waals surface area contributed by atoms with Crippen molar-refractivity contribution in [3.05, 3.63) is 59.9 Å². The topological polar surface area (TPSA) is 73.5 Å². The van der Waals surface area contributed by atoms with Crippen LogP contribution in [0, 0.1) is 5.82 Å². The van der Waals surface area contributed by atoms with E-state index in [4.69, 9.17) is 0 Å². The number of urea groups is 1. The van der Waals surface area contributed by atoms with E-state index < -0.39 is 6.03 Å². The second-order valence-electron chi connectivity index (χ2n) is 5.79. The third-order valence-corrected chi connectivity index (χ3v) is 3.96. The molecule has 1 aliphatic heterocycles. The Labute approximate surface area is 145 Å². The van der Waals surface area contributed by atoms with Crippen LogP contribution in [-0.4, -0.2) is 25.0 Å². The Kier molecular flexibility index (Phi) is 5.13. The molecule has 0 spiro atoms. The molecule has 0 aromatic heterocycles. The Morgan fingerprint density at radius 2 is 1.80 bits per heavy atom. The van der Waals surface area contributed by atoms with E-state index in [1.165, 1.54) is 29.8 Å². The van der Waals surface area contributed by atoms with E-state index in [9.17, 15) is 14.0 Å². The lowest BCUT2D eigenvalue weighted by atomic mass is 10.0. The van der Waals surface area contributed by atoms with Crippen LogP contribution in [-0.2, 0) is 11.2 Å². The molecule has 6 nitrogen and oxygen atoms in total. The van der Waals surface area contributed by atoms with Crippen molar-refractivity contribution < 1.29 is 14.0 Å². The van der Waals surface area contributed by atoms with Gasteiger partial charge in [-0.1, -0.05) is 18.2 Å². The summed E-state index contributed by atoms with van der Waals surface area (Å²) in [5, 5.41) is 2.50. The number of fused-ring (bicyclic) bond motifs is 1.